The minimum Gasteiger partial charge on any atom is -0.497 e. The summed E-state index contributed by atoms with van der Waals surface area (Å²) < 4.78 is 12.1. The van der Waals surface area contributed by atoms with Gasteiger partial charge >= 0.3 is 0 Å². The highest BCUT2D eigenvalue weighted by molar-refractivity contribution is 14.1. The Balaban J connectivity index is 1.71. The lowest BCUT2D eigenvalue weighted by atomic mass is 10.2. The molecule has 23 heavy (non-hydrogen) atoms. The summed E-state index contributed by atoms with van der Waals surface area (Å²) in [5.41, 5.74) is 0.983. The summed E-state index contributed by atoms with van der Waals surface area (Å²) in [7, 11) is 1.63. The number of amides is 1. The Labute approximate surface area is 154 Å². The number of rotatable bonds is 8. The molecule has 0 aliphatic carbocycles. The molecule has 0 bridgehead atoms. The molecule has 1 atom stereocenters. The lowest BCUT2D eigenvalue weighted by Gasteiger charge is -2.13. The van der Waals surface area contributed by atoms with E-state index in [9.17, 15) is 4.79 Å². The Morgan fingerprint density at radius 1 is 1.35 bits per heavy atom. The smallest absolute Gasteiger partial charge is 0.248 e. The predicted molar refractivity (Wildman–Crippen MR) is 101 cm³/mol. The molecule has 1 aromatic heterocycles. The minimum absolute atomic E-state index is 0.0841. The fraction of sp³-hybridized carbons (Fsp3) is 0.353. The zero-order chi connectivity index (χ0) is 16.7. The highest BCUT2D eigenvalue weighted by Crippen LogP contribution is 2.18. The maximum Gasteiger partial charge on any atom is 0.248 e. The van der Waals surface area contributed by atoms with E-state index >= 15 is 0 Å². The van der Waals surface area contributed by atoms with Crippen LogP contribution in [0.5, 0.6) is 5.75 Å². The van der Waals surface area contributed by atoms with Crippen LogP contribution in [0.2, 0.25) is 0 Å². The van der Waals surface area contributed by atoms with Gasteiger partial charge in [-0.1, -0.05) is 12.1 Å². The highest BCUT2D eigenvalue weighted by atomic mass is 127. The van der Waals surface area contributed by atoms with E-state index in [0.29, 0.717) is 13.2 Å². The lowest BCUT2D eigenvalue weighted by molar-refractivity contribution is -0.132. The van der Waals surface area contributed by atoms with Gasteiger partial charge in [-0.3, -0.25) is 4.79 Å². The number of benzene rings is 1. The quantitative estimate of drug-likeness (QED) is 0.632. The van der Waals surface area contributed by atoms with Crippen molar-refractivity contribution in [3.63, 3.8) is 0 Å². The van der Waals surface area contributed by atoms with Crippen LogP contribution in [0.3, 0.4) is 0 Å². The van der Waals surface area contributed by atoms with Gasteiger partial charge in [0, 0.05) is 11.4 Å². The largest absolute Gasteiger partial charge is 0.497 e. The summed E-state index contributed by atoms with van der Waals surface area (Å²) >= 11 is 4.05. The van der Waals surface area contributed by atoms with Crippen molar-refractivity contribution in [2.24, 2.45) is 0 Å². The van der Waals surface area contributed by atoms with Crippen LogP contribution in [0.15, 0.2) is 36.4 Å². The number of thiophene rings is 1. The molecule has 1 N–H and O–H groups in total. The molecule has 0 fully saturated rings. The molecule has 4 nitrogen and oxygen atoms in total. The van der Waals surface area contributed by atoms with E-state index in [-0.39, 0.29) is 5.91 Å². The molecular weight excluding hydrogens is 425 g/mol. The van der Waals surface area contributed by atoms with Crippen LogP contribution in [0.1, 0.15) is 17.4 Å². The van der Waals surface area contributed by atoms with Gasteiger partial charge in [0.05, 0.1) is 16.6 Å². The molecule has 6 heteroatoms. The van der Waals surface area contributed by atoms with Crippen LogP contribution >= 0.6 is 33.9 Å². The van der Waals surface area contributed by atoms with Gasteiger partial charge < -0.3 is 14.8 Å². The Bertz CT molecular complexity index is 644. The van der Waals surface area contributed by atoms with E-state index in [1.165, 1.54) is 7.76 Å². The van der Waals surface area contributed by atoms with E-state index in [4.69, 9.17) is 9.47 Å². The second-order valence-corrected chi connectivity index (χ2v) is 8.11. The lowest BCUT2D eigenvalue weighted by Crippen LogP contribution is -2.35. The predicted octanol–water partition coefficient (Wildman–Crippen LogP) is 3.63. The molecule has 124 valence electrons. The first-order valence-corrected chi connectivity index (χ1v) is 9.24. The minimum atomic E-state index is -0.482. The Morgan fingerprint density at radius 2 is 2.17 bits per heavy atom. The fourth-order valence-electron chi connectivity index (χ4n) is 2.00. The third-order valence-corrected chi connectivity index (χ3v) is 5.26. The normalized spacial score (nSPS) is 12.0. The number of hydrogen-bond donors (Lipinski definition) is 1. The van der Waals surface area contributed by atoms with Crippen molar-refractivity contribution in [2.75, 3.05) is 13.7 Å². The summed E-state index contributed by atoms with van der Waals surface area (Å²) in [6.07, 6.45) is 0.367. The number of methoxy groups -OCH3 is 1. The Hall–Kier alpha value is -1.12. The van der Waals surface area contributed by atoms with Crippen molar-refractivity contribution in [1.29, 1.82) is 0 Å². The average molecular weight is 445 g/mol. The first-order chi connectivity index (χ1) is 11.1. The average Bonchev–Trinajstić information content (AvgIpc) is 2.98. The molecule has 0 saturated carbocycles. The maximum absolute atomic E-state index is 12.0. The molecule has 0 spiro atoms. The van der Waals surface area contributed by atoms with Gasteiger partial charge in [-0.05, 0) is 65.8 Å². The molecule has 0 aliphatic heterocycles. The summed E-state index contributed by atoms with van der Waals surface area (Å²) in [4.78, 5) is 13.3. The van der Waals surface area contributed by atoms with E-state index in [1.807, 2.05) is 24.3 Å². The van der Waals surface area contributed by atoms with Crippen LogP contribution in [0, 0.1) is 2.88 Å². The molecule has 0 aliphatic rings. The summed E-state index contributed by atoms with van der Waals surface area (Å²) in [6, 6.07) is 11.8. The monoisotopic (exact) mass is 445 g/mol. The van der Waals surface area contributed by atoms with Crippen molar-refractivity contribution < 1.29 is 14.3 Å². The molecule has 1 heterocycles. The van der Waals surface area contributed by atoms with Crippen molar-refractivity contribution in [3.05, 3.63) is 49.7 Å². The second kappa shape index (κ2) is 9.24. The van der Waals surface area contributed by atoms with Crippen molar-refractivity contribution in [1.82, 2.24) is 5.32 Å². The van der Waals surface area contributed by atoms with Gasteiger partial charge in [-0.2, -0.15) is 0 Å². The van der Waals surface area contributed by atoms with Gasteiger partial charge in [-0.15, -0.1) is 11.3 Å². The van der Waals surface area contributed by atoms with Crippen LogP contribution in [-0.2, 0) is 22.6 Å². The number of halogens is 1. The van der Waals surface area contributed by atoms with Gasteiger partial charge in [0.15, 0.2) is 0 Å². The first-order valence-electron chi connectivity index (χ1n) is 7.35. The molecule has 2 aromatic rings. The number of nitrogens with one attached hydrogen (secondary N) is 1. The van der Waals surface area contributed by atoms with Crippen LogP contribution in [0.4, 0.5) is 0 Å². The van der Waals surface area contributed by atoms with Crippen LogP contribution in [-0.4, -0.2) is 25.7 Å². The molecule has 1 unspecified atom stereocenters. The van der Waals surface area contributed by atoms with Crippen LogP contribution < -0.4 is 10.1 Å². The van der Waals surface area contributed by atoms with E-state index in [1.54, 1.807) is 25.4 Å². The third-order valence-electron chi connectivity index (χ3n) is 3.30. The summed E-state index contributed by atoms with van der Waals surface area (Å²) in [6.45, 7) is 2.78. The summed E-state index contributed by atoms with van der Waals surface area (Å²) in [5.74, 6) is 0.702. The van der Waals surface area contributed by atoms with Crippen molar-refractivity contribution >= 4 is 39.8 Å². The molecule has 0 saturated heterocycles. The number of hydrogen-bond acceptors (Lipinski definition) is 4. The number of ether oxygens (including phenoxy) is 2. The zero-order valence-corrected chi connectivity index (χ0v) is 16.1. The topological polar surface area (TPSA) is 47.6 Å². The maximum atomic E-state index is 12.0. The molecule has 2 rings (SSSR count). The molecule has 1 amide bonds. The first kappa shape index (κ1) is 18.2. The second-order valence-electron chi connectivity index (χ2n) is 5.05. The Kier molecular flexibility index (Phi) is 7.32. The van der Waals surface area contributed by atoms with Gasteiger partial charge in [0.2, 0.25) is 5.91 Å². The standard InChI is InChI=1S/C17H20INO3S/c1-12(22-11-13-4-3-5-14(10-13)21-2)17(20)19-9-8-15-6-7-16(18)23-15/h3-7,10,12H,8-9,11H2,1-2H3,(H,19,20). The number of carbonyl (C=O) groups is 1. The zero-order valence-electron chi connectivity index (χ0n) is 13.2. The molecule has 0 radical (unpaired) electrons. The van der Waals surface area contributed by atoms with Gasteiger partial charge in [0.1, 0.15) is 11.9 Å². The fourth-order valence-corrected chi connectivity index (χ4v) is 3.75. The van der Waals surface area contributed by atoms with Crippen LogP contribution in [0.25, 0.3) is 0 Å². The van der Waals surface area contributed by atoms with Gasteiger partial charge in [-0.25, -0.2) is 0 Å². The SMILES string of the molecule is COc1cccc(COC(C)C(=O)NCCc2ccc(I)s2)c1. The summed E-state index contributed by atoms with van der Waals surface area (Å²) in [5, 5.41) is 2.91. The molecule has 1 aromatic carbocycles. The highest BCUT2D eigenvalue weighted by Gasteiger charge is 2.13. The third kappa shape index (κ3) is 6.12. The Morgan fingerprint density at radius 3 is 2.87 bits per heavy atom. The van der Waals surface area contributed by atoms with Crippen molar-refractivity contribution in [3.8, 4) is 5.75 Å². The number of carbonyl (C=O) groups excluding carboxylic acids is 1. The van der Waals surface area contributed by atoms with E-state index in [0.717, 1.165) is 17.7 Å². The van der Waals surface area contributed by atoms with E-state index in [2.05, 4.69) is 40.0 Å². The van der Waals surface area contributed by atoms with E-state index < -0.39 is 6.10 Å². The molecular formula is C17H20INO3S. The van der Waals surface area contributed by atoms with Crippen molar-refractivity contribution in [2.45, 2.75) is 26.1 Å². The van der Waals surface area contributed by atoms with Gasteiger partial charge in [0.25, 0.3) is 0 Å².